The molecule has 0 aliphatic carbocycles. The normalized spacial score (nSPS) is 12.2. The second-order valence-electron chi connectivity index (χ2n) is 4.93. The molecule has 0 aromatic heterocycles. The maximum absolute atomic E-state index is 12.5. The zero-order chi connectivity index (χ0) is 16.1. The lowest BCUT2D eigenvalue weighted by molar-refractivity contribution is -0.149. The lowest BCUT2D eigenvalue weighted by Crippen LogP contribution is -2.58. The van der Waals surface area contributed by atoms with Gasteiger partial charge in [-0.15, -0.1) is 0 Å². The van der Waals surface area contributed by atoms with Crippen LogP contribution in [0.4, 0.5) is 18.0 Å². The third-order valence-electron chi connectivity index (χ3n) is 2.88. The highest BCUT2D eigenvalue weighted by Gasteiger charge is 2.41. The summed E-state index contributed by atoms with van der Waals surface area (Å²) in [6, 6.07) is -0.918. The molecule has 0 saturated heterocycles. The van der Waals surface area contributed by atoms with Crippen LogP contribution in [0.3, 0.4) is 0 Å². The Balaban J connectivity index is 5.25. The highest BCUT2D eigenvalue weighted by atomic mass is 19.4. The Kier molecular flexibility index (Phi) is 6.31. The van der Waals surface area contributed by atoms with E-state index in [1.54, 1.807) is 6.92 Å². The van der Waals surface area contributed by atoms with E-state index in [1.807, 2.05) is 0 Å². The number of amides is 2. The average Bonchev–Trinajstić information content (AvgIpc) is 2.26. The number of halogens is 3. The number of aliphatic carboxylic acids is 1. The van der Waals surface area contributed by atoms with Crippen molar-refractivity contribution in [2.24, 2.45) is 0 Å². The summed E-state index contributed by atoms with van der Waals surface area (Å²) < 4.78 is 37.4. The van der Waals surface area contributed by atoms with Crippen LogP contribution in [0.1, 0.15) is 34.1 Å². The molecule has 5 nitrogen and oxygen atoms in total. The van der Waals surface area contributed by atoms with E-state index in [0.717, 1.165) is 4.90 Å². The Bertz CT molecular complexity index is 356. The lowest BCUT2D eigenvalue weighted by atomic mass is 10.0. The van der Waals surface area contributed by atoms with Crippen molar-refractivity contribution >= 4 is 12.0 Å². The summed E-state index contributed by atoms with van der Waals surface area (Å²) in [5, 5.41) is 9.10. The first-order valence-electron chi connectivity index (χ1n) is 6.34. The molecule has 0 aromatic carbocycles. The minimum atomic E-state index is -4.52. The van der Waals surface area contributed by atoms with E-state index in [0.29, 0.717) is 11.3 Å². The fraction of sp³-hybridized carbons (Fsp3) is 0.833. The van der Waals surface area contributed by atoms with Gasteiger partial charge in [0.2, 0.25) is 0 Å². The first kappa shape index (κ1) is 18.5. The molecular formula is C12H21F3N2O3. The molecule has 0 aliphatic rings. The quantitative estimate of drug-likeness (QED) is 0.820. The van der Waals surface area contributed by atoms with Gasteiger partial charge >= 0.3 is 18.2 Å². The van der Waals surface area contributed by atoms with E-state index < -0.39 is 30.3 Å². The van der Waals surface area contributed by atoms with Crippen molar-refractivity contribution in [3.8, 4) is 0 Å². The SMILES string of the molecule is CCCN(CC(F)(F)F)C(=O)N(CC)C(C)(C)C(=O)O. The van der Waals surface area contributed by atoms with Gasteiger partial charge in [0, 0.05) is 13.1 Å². The lowest BCUT2D eigenvalue weighted by Gasteiger charge is -2.38. The van der Waals surface area contributed by atoms with Gasteiger partial charge in [-0.05, 0) is 27.2 Å². The summed E-state index contributed by atoms with van der Waals surface area (Å²) in [5.41, 5.74) is -1.57. The van der Waals surface area contributed by atoms with Crippen LogP contribution in [0.5, 0.6) is 0 Å². The van der Waals surface area contributed by atoms with Crippen molar-refractivity contribution in [1.82, 2.24) is 9.80 Å². The topological polar surface area (TPSA) is 60.9 Å². The molecule has 0 atom stereocenters. The number of rotatable bonds is 6. The number of hydrogen-bond acceptors (Lipinski definition) is 2. The number of carbonyl (C=O) groups excluding carboxylic acids is 1. The largest absolute Gasteiger partial charge is 0.480 e. The summed E-state index contributed by atoms with van der Waals surface area (Å²) in [6.45, 7) is 4.30. The zero-order valence-corrected chi connectivity index (χ0v) is 12.1. The molecule has 0 saturated carbocycles. The van der Waals surface area contributed by atoms with Crippen molar-refractivity contribution in [3.05, 3.63) is 0 Å². The number of carbonyl (C=O) groups is 2. The van der Waals surface area contributed by atoms with Crippen LogP contribution < -0.4 is 0 Å². The first-order chi connectivity index (χ1) is 8.97. The third kappa shape index (κ3) is 4.90. The van der Waals surface area contributed by atoms with Crippen LogP contribution >= 0.6 is 0 Å². The van der Waals surface area contributed by atoms with Gasteiger partial charge in [-0.3, -0.25) is 0 Å². The van der Waals surface area contributed by atoms with Crippen molar-refractivity contribution < 1.29 is 27.9 Å². The number of alkyl halides is 3. The standard InChI is InChI=1S/C12H21F3N2O3/c1-5-7-16(8-12(13,14)15)10(20)17(6-2)11(3,4)9(18)19/h5-8H2,1-4H3,(H,18,19). The number of nitrogens with zero attached hydrogens (tertiary/aromatic N) is 2. The van der Waals surface area contributed by atoms with Crippen LogP contribution in [-0.4, -0.2) is 58.3 Å². The van der Waals surface area contributed by atoms with Gasteiger partial charge in [0.1, 0.15) is 12.1 Å². The highest BCUT2D eigenvalue weighted by Crippen LogP contribution is 2.21. The van der Waals surface area contributed by atoms with Crippen LogP contribution in [-0.2, 0) is 4.79 Å². The summed E-state index contributed by atoms with van der Waals surface area (Å²) in [6.07, 6.45) is -4.16. The number of hydrogen-bond donors (Lipinski definition) is 1. The van der Waals surface area contributed by atoms with E-state index in [-0.39, 0.29) is 13.1 Å². The molecule has 0 aromatic rings. The van der Waals surface area contributed by atoms with Gasteiger partial charge < -0.3 is 14.9 Å². The summed E-state index contributed by atoms with van der Waals surface area (Å²) in [7, 11) is 0. The Labute approximate surface area is 116 Å². The molecule has 0 fully saturated rings. The fourth-order valence-electron chi connectivity index (χ4n) is 1.78. The van der Waals surface area contributed by atoms with Gasteiger partial charge in [-0.25, -0.2) is 9.59 Å². The molecule has 0 spiro atoms. The maximum atomic E-state index is 12.5. The van der Waals surface area contributed by atoms with Crippen LogP contribution in [0.2, 0.25) is 0 Å². The van der Waals surface area contributed by atoms with E-state index in [4.69, 9.17) is 5.11 Å². The van der Waals surface area contributed by atoms with Gasteiger partial charge in [0.05, 0.1) is 0 Å². The van der Waals surface area contributed by atoms with Crippen molar-refractivity contribution in [2.45, 2.75) is 45.8 Å². The molecule has 0 radical (unpaired) electrons. The van der Waals surface area contributed by atoms with Crippen molar-refractivity contribution in [1.29, 1.82) is 0 Å². The summed E-state index contributed by atoms with van der Waals surface area (Å²) >= 11 is 0. The predicted octanol–water partition coefficient (Wildman–Crippen LogP) is 2.57. The number of carboxylic acids is 1. The minimum absolute atomic E-state index is 0.0101. The molecule has 118 valence electrons. The Morgan fingerprint density at radius 2 is 1.65 bits per heavy atom. The molecule has 0 rings (SSSR count). The van der Waals surface area contributed by atoms with Gasteiger partial charge in [0.15, 0.2) is 0 Å². The Morgan fingerprint density at radius 3 is 1.95 bits per heavy atom. The Hall–Kier alpha value is -1.47. The molecule has 0 aliphatic heterocycles. The van der Waals surface area contributed by atoms with E-state index in [1.165, 1.54) is 20.8 Å². The van der Waals surface area contributed by atoms with E-state index in [2.05, 4.69) is 0 Å². The monoisotopic (exact) mass is 298 g/mol. The molecular weight excluding hydrogens is 277 g/mol. The first-order valence-corrected chi connectivity index (χ1v) is 6.34. The zero-order valence-electron chi connectivity index (χ0n) is 12.1. The maximum Gasteiger partial charge on any atom is 0.406 e. The third-order valence-corrected chi connectivity index (χ3v) is 2.88. The van der Waals surface area contributed by atoms with Crippen LogP contribution in [0.15, 0.2) is 0 Å². The van der Waals surface area contributed by atoms with E-state index >= 15 is 0 Å². The van der Waals surface area contributed by atoms with Gasteiger partial charge in [-0.1, -0.05) is 6.92 Å². The smallest absolute Gasteiger partial charge is 0.406 e. The molecule has 0 unspecified atom stereocenters. The number of likely N-dealkylation sites (N-methyl/N-ethyl adjacent to an activating group) is 1. The van der Waals surface area contributed by atoms with Gasteiger partial charge in [0.25, 0.3) is 0 Å². The number of urea groups is 1. The number of carboxylic acid groups (broad SMARTS) is 1. The average molecular weight is 298 g/mol. The Morgan fingerprint density at radius 1 is 1.15 bits per heavy atom. The second kappa shape index (κ2) is 6.81. The predicted molar refractivity (Wildman–Crippen MR) is 67.4 cm³/mol. The molecule has 0 bridgehead atoms. The van der Waals surface area contributed by atoms with E-state index in [9.17, 15) is 22.8 Å². The molecule has 20 heavy (non-hydrogen) atoms. The molecule has 2 amide bonds. The van der Waals surface area contributed by atoms with Crippen molar-refractivity contribution in [3.63, 3.8) is 0 Å². The van der Waals surface area contributed by atoms with Crippen LogP contribution in [0.25, 0.3) is 0 Å². The molecule has 8 heteroatoms. The summed E-state index contributed by atoms with van der Waals surface area (Å²) in [5.74, 6) is -1.27. The van der Waals surface area contributed by atoms with Crippen LogP contribution in [0, 0.1) is 0 Å². The highest BCUT2D eigenvalue weighted by molar-refractivity contribution is 5.85. The van der Waals surface area contributed by atoms with Gasteiger partial charge in [-0.2, -0.15) is 13.2 Å². The minimum Gasteiger partial charge on any atom is -0.480 e. The molecule has 0 heterocycles. The second-order valence-corrected chi connectivity index (χ2v) is 4.93. The summed E-state index contributed by atoms with van der Waals surface area (Å²) in [4.78, 5) is 24.9. The molecule has 1 N–H and O–H groups in total. The fourth-order valence-corrected chi connectivity index (χ4v) is 1.78. The van der Waals surface area contributed by atoms with Crippen molar-refractivity contribution in [2.75, 3.05) is 19.6 Å².